The second kappa shape index (κ2) is 6.17. The molecule has 1 atom stereocenters. The van der Waals surface area contributed by atoms with Crippen LogP contribution in [0.3, 0.4) is 0 Å². The zero-order chi connectivity index (χ0) is 19.6. The highest BCUT2D eigenvalue weighted by Gasteiger charge is 2.58. The molecule has 150 valence electrons. The summed E-state index contributed by atoms with van der Waals surface area (Å²) in [5, 5.41) is 3.70. The van der Waals surface area contributed by atoms with Crippen LogP contribution in [0.4, 0.5) is 4.79 Å². The fourth-order valence-corrected chi connectivity index (χ4v) is 5.86. The number of nitrogens with two attached hydrogens (primary N) is 1. The minimum Gasteiger partial charge on any atom is -0.473 e. The minimum atomic E-state index is -0.485. The number of rotatable bonds is 6. The third-order valence-corrected chi connectivity index (χ3v) is 7.74. The molecule has 4 amide bonds. The third-order valence-electron chi connectivity index (χ3n) is 6.53. The van der Waals surface area contributed by atoms with Crippen molar-refractivity contribution in [3.8, 4) is 5.88 Å². The lowest BCUT2D eigenvalue weighted by Crippen LogP contribution is -2.60. The number of nitrogens with one attached hydrogen (secondary N) is 1. The van der Waals surface area contributed by atoms with Crippen LogP contribution in [0.5, 0.6) is 5.88 Å². The predicted molar refractivity (Wildman–Crippen MR) is 101 cm³/mol. The molecular formula is C19H24N4O4S. The first-order valence-corrected chi connectivity index (χ1v) is 10.8. The quantitative estimate of drug-likeness (QED) is 0.705. The first-order chi connectivity index (χ1) is 13.4. The van der Waals surface area contributed by atoms with Crippen LogP contribution in [0.25, 0.3) is 0 Å². The molecule has 5 rings (SSSR count). The molecule has 0 radical (unpaired) electrons. The van der Waals surface area contributed by atoms with E-state index in [2.05, 4.69) is 10.3 Å². The molecule has 1 aromatic rings. The van der Waals surface area contributed by atoms with Crippen molar-refractivity contribution in [3.63, 3.8) is 0 Å². The lowest BCUT2D eigenvalue weighted by Gasteiger charge is -2.58. The molecule has 4 aliphatic rings. The van der Waals surface area contributed by atoms with Crippen molar-refractivity contribution in [2.24, 2.45) is 11.1 Å². The van der Waals surface area contributed by atoms with Crippen LogP contribution in [0.15, 0.2) is 0 Å². The number of ether oxygens (including phenoxy) is 1. The van der Waals surface area contributed by atoms with Crippen LogP contribution >= 0.6 is 11.3 Å². The Kier molecular flexibility index (Phi) is 3.94. The average molecular weight is 404 g/mol. The van der Waals surface area contributed by atoms with Crippen LogP contribution < -0.4 is 15.8 Å². The highest BCUT2D eigenvalue weighted by Crippen LogP contribution is 2.58. The molecular weight excluding hydrogens is 380 g/mol. The third kappa shape index (κ3) is 2.78. The van der Waals surface area contributed by atoms with Crippen molar-refractivity contribution in [3.05, 3.63) is 9.88 Å². The van der Waals surface area contributed by atoms with Gasteiger partial charge in [0.25, 0.3) is 11.8 Å². The van der Waals surface area contributed by atoms with Crippen molar-refractivity contribution in [1.82, 2.24) is 15.2 Å². The maximum atomic E-state index is 12.3. The zero-order valence-electron chi connectivity index (χ0n) is 15.8. The van der Waals surface area contributed by atoms with Gasteiger partial charge >= 0.3 is 6.03 Å². The number of imide groups is 1. The van der Waals surface area contributed by atoms with Crippen LogP contribution in [-0.2, 0) is 4.79 Å². The fourth-order valence-electron chi connectivity index (χ4n) is 4.84. The van der Waals surface area contributed by atoms with E-state index in [1.54, 1.807) is 0 Å². The van der Waals surface area contributed by atoms with E-state index in [9.17, 15) is 14.4 Å². The molecule has 1 saturated heterocycles. The van der Waals surface area contributed by atoms with Crippen LogP contribution in [0.1, 0.15) is 72.5 Å². The molecule has 0 bridgehead atoms. The molecule has 8 nitrogen and oxygen atoms in total. The number of amides is 4. The first-order valence-electron chi connectivity index (χ1n) is 10.00. The largest absolute Gasteiger partial charge is 0.473 e. The predicted octanol–water partition coefficient (Wildman–Crippen LogP) is 2.14. The van der Waals surface area contributed by atoms with Crippen molar-refractivity contribution in [2.75, 3.05) is 0 Å². The zero-order valence-corrected chi connectivity index (χ0v) is 16.6. The molecule has 1 unspecified atom stereocenters. The number of urea groups is 1. The molecule has 1 aliphatic heterocycles. The first kappa shape index (κ1) is 17.9. The Bertz CT molecular complexity index is 850. The number of carbonyl (C=O) groups excluding carboxylic acids is 3. The number of thiazole rings is 1. The van der Waals surface area contributed by atoms with Gasteiger partial charge in [-0.15, -0.1) is 11.3 Å². The van der Waals surface area contributed by atoms with Crippen LogP contribution in [-0.4, -0.2) is 45.9 Å². The molecule has 1 spiro atoms. The van der Waals surface area contributed by atoms with Gasteiger partial charge in [0.15, 0.2) is 4.88 Å². The van der Waals surface area contributed by atoms with E-state index in [-0.39, 0.29) is 35.5 Å². The van der Waals surface area contributed by atoms with Crippen molar-refractivity contribution in [2.45, 2.75) is 76.0 Å². The lowest BCUT2D eigenvalue weighted by atomic mass is 9.52. The lowest BCUT2D eigenvalue weighted by molar-refractivity contribution is -0.140. The molecule has 3 aliphatic carbocycles. The summed E-state index contributed by atoms with van der Waals surface area (Å²) in [6, 6.07) is -0.643. The Hall–Kier alpha value is -2.16. The van der Waals surface area contributed by atoms with Gasteiger partial charge in [-0.25, -0.2) is 9.78 Å². The smallest absolute Gasteiger partial charge is 0.325 e. The summed E-state index contributed by atoms with van der Waals surface area (Å²) < 4.78 is 6.01. The number of hydrogen-bond donors (Lipinski definition) is 2. The highest BCUT2D eigenvalue weighted by atomic mass is 32.1. The molecule has 3 saturated carbocycles. The van der Waals surface area contributed by atoms with Gasteiger partial charge in [0.05, 0.1) is 0 Å². The molecule has 1 aromatic heterocycles. The van der Waals surface area contributed by atoms with E-state index in [4.69, 9.17) is 10.5 Å². The van der Waals surface area contributed by atoms with Gasteiger partial charge in [0.1, 0.15) is 17.2 Å². The molecule has 9 heteroatoms. The standard InChI is InChI=1S/C19H24N4O4S/c1-2-12-17(25)23(18(26)21-12)10-5-19(6-10)7-11(8-19)27-15-13(14(20)24)28-16(22-15)9-3-4-9/h9-12H,2-8H2,1H3,(H2,20,24)(H,21,26). The van der Waals surface area contributed by atoms with E-state index in [0.717, 1.165) is 43.5 Å². The van der Waals surface area contributed by atoms with Gasteiger partial charge in [-0.05, 0) is 50.4 Å². The SMILES string of the molecule is CCC1NC(=O)N(C2CC3(CC(Oc4nc(C5CC5)sc4C(N)=O)C3)C2)C1=O. The number of carbonyl (C=O) groups is 3. The summed E-state index contributed by atoms with van der Waals surface area (Å²) >= 11 is 1.36. The second-order valence-corrected chi connectivity index (χ2v) is 9.68. The van der Waals surface area contributed by atoms with Gasteiger partial charge in [0.2, 0.25) is 5.88 Å². The number of aromatic nitrogens is 1. The second-order valence-electron chi connectivity index (χ2n) is 8.65. The summed E-state index contributed by atoms with van der Waals surface area (Å²) in [6.07, 6.45) is 6.23. The summed E-state index contributed by atoms with van der Waals surface area (Å²) in [6.45, 7) is 1.90. The normalized spacial score (nSPS) is 34.2. The van der Waals surface area contributed by atoms with E-state index < -0.39 is 5.91 Å². The molecule has 0 aromatic carbocycles. The number of nitrogens with zero attached hydrogens (tertiary/aromatic N) is 2. The Labute approximate surface area is 166 Å². The van der Waals surface area contributed by atoms with Crippen LogP contribution in [0.2, 0.25) is 0 Å². The van der Waals surface area contributed by atoms with Crippen molar-refractivity contribution < 1.29 is 19.1 Å². The van der Waals surface area contributed by atoms with Crippen molar-refractivity contribution >= 4 is 29.2 Å². The van der Waals surface area contributed by atoms with Gasteiger partial charge < -0.3 is 15.8 Å². The van der Waals surface area contributed by atoms with E-state index >= 15 is 0 Å². The van der Waals surface area contributed by atoms with Gasteiger partial charge in [0, 0.05) is 12.0 Å². The Morgan fingerprint density at radius 2 is 2.04 bits per heavy atom. The highest BCUT2D eigenvalue weighted by molar-refractivity contribution is 7.14. The average Bonchev–Trinajstić information content (AvgIpc) is 3.28. The monoisotopic (exact) mass is 404 g/mol. The molecule has 2 heterocycles. The summed E-state index contributed by atoms with van der Waals surface area (Å²) in [5.41, 5.74) is 5.63. The van der Waals surface area contributed by atoms with Gasteiger partial charge in [-0.1, -0.05) is 6.92 Å². The summed E-state index contributed by atoms with van der Waals surface area (Å²) in [4.78, 5) is 42.5. The van der Waals surface area contributed by atoms with Crippen LogP contribution in [0, 0.1) is 5.41 Å². The Morgan fingerprint density at radius 1 is 1.32 bits per heavy atom. The van der Waals surface area contributed by atoms with Gasteiger partial charge in [-0.2, -0.15) is 0 Å². The van der Waals surface area contributed by atoms with Crippen molar-refractivity contribution in [1.29, 1.82) is 0 Å². The summed E-state index contributed by atoms with van der Waals surface area (Å²) in [5.74, 6) is 0.258. The Morgan fingerprint density at radius 3 is 2.61 bits per heavy atom. The molecule has 28 heavy (non-hydrogen) atoms. The van der Waals surface area contributed by atoms with E-state index in [1.165, 1.54) is 16.2 Å². The number of hydrogen-bond acceptors (Lipinski definition) is 6. The fraction of sp³-hybridized carbons (Fsp3) is 0.684. The van der Waals surface area contributed by atoms with E-state index in [1.807, 2.05) is 6.92 Å². The molecule has 3 N–H and O–H groups in total. The van der Waals surface area contributed by atoms with E-state index in [0.29, 0.717) is 23.1 Å². The maximum Gasteiger partial charge on any atom is 0.325 e. The van der Waals surface area contributed by atoms with Gasteiger partial charge in [-0.3, -0.25) is 14.5 Å². The Balaban J connectivity index is 1.18. The minimum absolute atomic E-state index is 0.00748. The number of primary amides is 1. The maximum absolute atomic E-state index is 12.3. The summed E-state index contributed by atoms with van der Waals surface area (Å²) in [7, 11) is 0. The topological polar surface area (TPSA) is 115 Å². The molecule has 4 fully saturated rings.